The second-order valence-electron chi connectivity index (χ2n) is 3.85. The molecule has 2 atom stereocenters. The zero-order valence-corrected chi connectivity index (χ0v) is 9.36. The number of amides is 1. The summed E-state index contributed by atoms with van der Waals surface area (Å²) in [5.74, 6) is -0.939. The molecule has 0 spiro atoms. The smallest absolute Gasteiger partial charge is 0.332 e. The van der Waals surface area contributed by atoms with Crippen molar-refractivity contribution in [1.82, 2.24) is 10.6 Å². The number of ether oxygens (including phenoxy) is 1. The summed E-state index contributed by atoms with van der Waals surface area (Å²) in [6.45, 7) is 3.34. The van der Waals surface area contributed by atoms with Gasteiger partial charge in [-0.2, -0.15) is 0 Å². The van der Waals surface area contributed by atoms with Crippen LogP contribution in [0.3, 0.4) is 0 Å². The van der Waals surface area contributed by atoms with Gasteiger partial charge in [0.2, 0.25) is 5.91 Å². The molecule has 0 saturated carbocycles. The van der Waals surface area contributed by atoms with E-state index in [9.17, 15) is 9.59 Å². The molecular formula is C10H18N2O4. The summed E-state index contributed by atoms with van der Waals surface area (Å²) in [4.78, 5) is 21.2. The zero-order chi connectivity index (χ0) is 12.0. The van der Waals surface area contributed by atoms with Crippen LogP contribution in [-0.4, -0.2) is 48.8 Å². The van der Waals surface area contributed by atoms with E-state index in [1.807, 2.05) is 0 Å². The van der Waals surface area contributed by atoms with Gasteiger partial charge in [-0.3, -0.25) is 4.79 Å². The molecule has 0 aromatic rings. The molecular weight excluding hydrogens is 212 g/mol. The molecule has 1 saturated heterocycles. The molecule has 1 aliphatic rings. The highest BCUT2D eigenvalue weighted by Gasteiger charge is 2.29. The second kappa shape index (κ2) is 6.44. The lowest BCUT2D eigenvalue weighted by Crippen LogP contribution is -2.34. The fourth-order valence-corrected chi connectivity index (χ4v) is 1.63. The highest BCUT2D eigenvalue weighted by atomic mass is 16.5. The van der Waals surface area contributed by atoms with E-state index in [0.29, 0.717) is 26.1 Å². The molecule has 0 aromatic carbocycles. The number of carboxylic acids is 1. The molecule has 1 rings (SSSR count). The Morgan fingerprint density at radius 3 is 2.69 bits per heavy atom. The minimum absolute atomic E-state index is 0.0292. The third-order valence-corrected chi connectivity index (χ3v) is 2.43. The van der Waals surface area contributed by atoms with Crippen molar-refractivity contribution in [3.8, 4) is 0 Å². The summed E-state index contributed by atoms with van der Waals surface area (Å²) in [7, 11) is 0. The summed E-state index contributed by atoms with van der Waals surface area (Å²) < 4.78 is 5.30. The Morgan fingerprint density at radius 1 is 1.38 bits per heavy atom. The Bertz CT molecular complexity index is 257. The van der Waals surface area contributed by atoms with Gasteiger partial charge in [0.05, 0.1) is 6.10 Å². The van der Waals surface area contributed by atoms with Gasteiger partial charge in [0, 0.05) is 26.6 Å². The maximum absolute atomic E-state index is 10.6. The zero-order valence-electron chi connectivity index (χ0n) is 9.36. The van der Waals surface area contributed by atoms with Gasteiger partial charge in [-0.05, 0) is 12.8 Å². The number of carbonyl (C=O) groups excluding carboxylic acids is 1. The molecule has 1 aliphatic heterocycles. The van der Waals surface area contributed by atoms with E-state index in [1.165, 1.54) is 6.92 Å². The minimum atomic E-state index is -0.888. The Hall–Kier alpha value is -1.14. The van der Waals surface area contributed by atoms with Crippen molar-refractivity contribution < 1.29 is 19.4 Å². The largest absolute Gasteiger partial charge is 0.479 e. The Morgan fingerprint density at radius 2 is 2.12 bits per heavy atom. The summed E-state index contributed by atoms with van der Waals surface area (Å²) >= 11 is 0. The number of hydrogen-bond acceptors (Lipinski definition) is 4. The predicted octanol–water partition coefficient (Wildman–Crippen LogP) is -0.656. The molecule has 92 valence electrons. The standard InChI is InChI=1S/C10H18N2O4/c1-7(13)12-5-4-11-6-8-2-3-9(16-8)10(14)15/h8-9,11H,2-6H2,1H3,(H,12,13)(H,14,15). The number of carboxylic acid groups (broad SMARTS) is 1. The quantitative estimate of drug-likeness (QED) is 0.527. The van der Waals surface area contributed by atoms with Crippen molar-refractivity contribution in [1.29, 1.82) is 0 Å². The molecule has 0 aromatic heterocycles. The molecule has 6 heteroatoms. The van der Waals surface area contributed by atoms with Gasteiger partial charge in [-0.15, -0.1) is 0 Å². The molecule has 3 N–H and O–H groups in total. The van der Waals surface area contributed by atoms with Crippen LogP contribution in [0.5, 0.6) is 0 Å². The van der Waals surface area contributed by atoms with Gasteiger partial charge in [-0.25, -0.2) is 4.79 Å². The predicted molar refractivity (Wildman–Crippen MR) is 57.1 cm³/mol. The lowest BCUT2D eigenvalue weighted by Gasteiger charge is -2.12. The van der Waals surface area contributed by atoms with E-state index in [-0.39, 0.29) is 12.0 Å². The van der Waals surface area contributed by atoms with Gasteiger partial charge >= 0.3 is 5.97 Å². The van der Waals surface area contributed by atoms with Gasteiger partial charge in [-0.1, -0.05) is 0 Å². The van der Waals surface area contributed by atoms with E-state index in [2.05, 4.69) is 10.6 Å². The van der Waals surface area contributed by atoms with Crippen molar-refractivity contribution in [2.45, 2.75) is 32.0 Å². The summed E-state index contributed by atoms with van der Waals surface area (Å²) in [6, 6.07) is 0. The number of hydrogen-bond donors (Lipinski definition) is 3. The lowest BCUT2D eigenvalue weighted by atomic mass is 10.2. The number of nitrogens with one attached hydrogen (secondary N) is 2. The molecule has 1 amide bonds. The van der Waals surface area contributed by atoms with Crippen molar-refractivity contribution in [3.63, 3.8) is 0 Å². The summed E-state index contributed by atoms with van der Waals surface area (Å²) in [6.07, 6.45) is 0.665. The minimum Gasteiger partial charge on any atom is -0.479 e. The van der Waals surface area contributed by atoms with E-state index < -0.39 is 12.1 Å². The molecule has 0 bridgehead atoms. The first-order valence-electron chi connectivity index (χ1n) is 5.43. The van der Waals surface area contributed by atoms with Crippen LogP contribution in [0.25, 0.3) is 0 Å². The van der Waals surface area contributed by atoms with E-state index >= 15 is 0 Å². The van der Waals surface area contributed by atoms with Gasteiger partial charge in [0.15, 0.2) is 6.10 Å². The summed E-state index contributed by atoms with van der Waals surface area (Å²) in [5.41, 5.74) is 0. The molecule has 6 nitrogen and oxygen atoms in total. The van der Waals surface area contributed by atoms with Crippen LogP contribution in [-0.2, 0) is 14.3 Å². The first-order chi connectivity index (χ1) is 7.59. The van der Waals surface area contributed by atoms with Crippen molar-refractivity contribution >= 4 is 11.9 Å². The molecule has 0 aliphatic carbocycles. The lowest BCUT2D eigenvalue weighted by molar-refractivity contribution is -0.149. The maximum Gasteiger partial charge on any atom is 0.332 e. The van der Waals surface area contributed by atoms with Crippen LogP contribution in [0.1, 0.15) is 19.8 Å². The van der Waals surface area contributed by atoms with Crippen LogP contribution >= 0.6 is 0 Å². The van der Waals surface area contributed by atoms with Crippen molar-refractivity contribution in [2.24, 2.45) is 0 Å². The monoisotopic (exact) mass is 230 g/mol. The fourth-order valence-electron chi connectivity index (χ4n) is 1.63. The Balaban J connectivity index is 2.02. The molecule has 0 radical (unpaired) electrons. The SMILES string of the molecule is CC(=O)NCCNCC1CCC(C(=O)O)O1. The van der Waals surface area contributed by atoms with Crippen LogP contribution in [0, 0.1) is 0 Å². The average Bonchev–Trinajstić information content (AvgIpc) is 2.65. The highest BCUT2D eigenvalue weighted by molar-refractivity contribution is 5.73. The molecule has 16 heavy (non-hydrogen) atoms. The molecule has 1 heterocycles. The van der Waals surface area contributed by atoms with Crippen LogP contribution in [0.2, 0.25) is 0 Å². The number of carbonyl (C=O) groups is 2. The topological polar surface area (TPSA) is 87.7 Å². The first-order valence-corrected chi connectivity index (χ1v) is 5.43. The summed E-state index contributed by atoms with van der Waals surface area (Å²) in [5, 5.41) is 14.5. The van der Waals surface area contributed by atoms with Crippen molar-refractivity contribution in [2.75, 3.05) is 19.6 Å². The fraction of sp³-hybridized carbons (Fsp3) is 0.800. The number of rotatable bonds is 6. The first kappa shape index (κ1) is 12.9. The van der Waals surface area contributed by atoms with Gasteiger partial charge in [0.25, 0.3) is 0 Å². The second-order valence-corrected chi connectivity index (χ2v) is 3.85. The van der Waals surface area contributed by atoms with E-state index in [1.54, 1.807) is 0 Å². The molecule has 1 fully saturated rings. The van der Waals surface area contributed by atoms with Gasteiger partial charge < -0.3 is 20.5 Å². The van der Waals surface area contributed by atoms with E-state index in [4.69, 9.17) is 9.84 Å². The van der Waals surface area contributed by atoms with Crippen LogP contribution < -0.4 is 10.6 Å². The number of aliphatic carboxylic acids is 1. The Kier molecular flexibility index (Phi) is 5.21. The van der Waals surface area contributed by atoms with E-state index in [0.717, 1.165) is 6.42 Å². The normalized spacial score (nSPS) is 24.3. The van der Waals surface area contributed by atoms with Crippen molar-refractivity contribution in [3.05, 3.63) is 0 Å². The highest BCUT2D eigenvalue weighted by Crippen LogP contribution is 2.18. The average molecular weight is 230 g/mol. The van der Waals surface area contributed by atoms with Gasteiger partial charge in [0.1, 0.15) is 0 Å². The molecule has 2 unspecified atom stereocenters. The van der Waals surface area contributed by atoms with Crippen LogP contribution in [0.4, 0.5) is 0 Å². The van der Waals surface area contributed by atoms with Crippen LogP contribution in [0.15, 0.2) is 0 Å². The third-order valence-electron chi connectivity index (χ3n) is 2.43. The third kappa shape index (κ3) is 4.59. The Labute approximate surface area is 94.3 Å². The maximum atomic E-state index is 10.6.